The minimum atomic E-state index is -4.87. The fraction of sp³-hybridized carbons (Fsp3) is 0.250. The number of nitrogens with one attached hydrogen (secondary N) is 2. The van der Waals surface area contributed by atoms with Crippen LogP contribution in [0.4, 0.5) is 24.7 Å². The Hall–Kier alpha value is -3.40. The van der Waals surface area contributed by atoms with Crippen molar-refractivity contribution in [3.63, 3.8) is 0 Å². The topological polar surface area (TPSA) is 89.3 Å². The SMILES string of the molecule is COCCCNc1ccc(NC(=O)c2nc(-c3ccccc3)oc2C(F)(F)F)cn1. The van der Waals surface area contributed by atoms with Crippen molar-refractivity contribution in [2.45, 2.75) is 12.6 Å². The van der Waals surface area contributed by atoms with Gasteiger partial charge >= 0.3 is 6.18 Å². The zero-order chi connectivity index (χ0) is 21.6. The number of ether oxygens (including phenoxy) is 1. The summed E-state index contributed by atoms with van der Waals surface area (Å²) in [4.78, 5) is 20.4. The van der Waals surface area contributed by atoms with Crippen molar-refractivity contribution in [1.29, 1.82) is 0 Å². The number of benzene rings is 1. The summed E-state index contributed by atoms with van der Waals surface area (Å²) in [6.07, 6.45) is -2.75. The van der Waals surface area contributed by atoms with E-state index in [9.17, 15) is 18.0 Å². The summed E-state index contributed by atoms with van der Waals surface area (Å²) in [7, 11) is 1.61. The number of carbonyl (C=O) groups excluding carboxylic acids is 1. The molecule has 0 aliphatic carbocycles. The molecule has 0 spiro atoms. The molecular formula is C20H19F3N4O3. The van der Waals surface area contributed by atoms with Gasteiger partial charge in [0.2, 0.25) is 11.7 Å². The molecule has 0 bridgehead atoms. The Morgan fingerprint density at radius 2 is 1.93 bits per heavy atom. The lowest BCUT2D eigenvalue weighted by atomic mass is 10.2. The van der Waals surface area contributed by atoms with Crippen LogP contribution in [0.2, 0.25) is 0 Å². The number of rotatable bonds is 8. The molecule has 3 rings (SSSR count). The van der Waals surface area contributed by atoms with Gasteiger partial charge in [0.25, 0.3) is 5.91 Å². The molecule has 0 saturated carbocycles. The average molecular weight is 420 g/mol. The summed E-state index contributed by atoms with van der Waals surface area (Å²) in [5, 5.41) is 5.43. The Morgan fingerprint density at radius 3 is 2.57 bits per heavy atom. The van der Waals surface area contributed by atoms with E-state index >= 15 is 0 Å². The highest BCUT2D eigenvalue weighted by Crippen LogP contribution is 2.35. The second-order valence-corrected chi connectivity index (χ2v) is 6.22. The zero-order valence-corrected chi connectivity index (χ0v) is 16.0. The molecule has 7 nitrogen and oxygen atoms in total. The minimum absolute atomic E-state index is 0.222. The summed E-state index contributed by atoms with van der Waals surface area (Å²) in [5.41, 5.74) is -0.296. The molecule has 0 fully saturated rings. The number of carbonyl (C=O) groups is 1. The van der Waals surface area contributed by atoms with Gasteiger partial charge in [-0.25, -0.2) is 9.97 Å². The van der Waals surface area contributed by atoms with Gasteiger partial charge in [-0.05, 0) is 30.7 Å². The Morgan fingerprint density at radius 1 is 1.17 bits per heavy atom. The lowest BCUT2D eigenvalue weighted by Gasteiger charge is -2.08. The Labute approximate surface area is 170 Å². The number of aromatic nitrogens is 2. The lowest BCUT2D eigenvalue weighted by Crippen LogP contribution is -2.18. The van der Waals surface area contributed by atoms with Gasteiger partial charge in [-0.1, -0.05) is 18.2 Å². The summed E-state index contributed by atoms with van der Waals surface area (Å²) < 4.78 is 49.9. The van der Waals surface area contributed by atoms with Crippen molar-refractivity contribution < 1.29 is 27.1 Å². The highest BCUT2D eigenvalue weighted by molar-refractivity contribution is 6.03. The largest absolute Gasteiger partial charge is 0.452 e. The normalized spacial score (nSPS) is 11.3. The van der Waals surface area contributed by atoms with Crippen LogP contribution in [-0.4, -0.2) is 36.1 Å². The van der Waals surface area contributed by atoms with Gasteiger partial charge in [0.1, 0.15) is 5.82 Å². The van der Waals surface area contributed by atoms with Crippen LogP contribution >= 0.6 is 0 Å². The van der Waals surface area contributed by atoms with E-state index in [0.717, 1.165) is 6.42 Å². The first-order valence-electron chi connectivity index (χ1n) is 9.02. The van der Waals surface area contributed by atoms with Crippen LogP contribution in [0.5, 0.6) is 0 Å². The maximum absolute atomic E-state index is 13.4. The van der Waals surface area contributed by atoms with E-state index in [4.69, 9.17) is 9.15 Å². The molecule has 0 saturated heterocycles. The number of pyridine rings is 1. The quantitative estimate of drug-likeness (QED) is 0.523. The Bertz CT molecular complexity index is 973. The highest BCUT2D eigenvalue weighted by atomic mass is 19.4. The molecule has 158 valence electrons. The van der Waals surface area contributed by atoms with E-state index in [2.05, 4.69) is 20.6 Å². The van der Waals surface area contributed by atoms with Gasteiger partial charge in [0, 0.05) is 25.8 Å². The molecule has 1 aromatic carbocycles. The van der Waals surface area contributed by atoms with Crippen LogP contribution in [0.1, 0.15) is 22.7 Å². The lowest BCUT2D eigenvalue weighted by molar-refractivity contribution is -0.153. The molecule has 30 heavy (non-hydrogen) atoms. The standard InChI is InChI=1S/C20H19F3N4O3/c1-29-11-5-10-24-15-9-8-14(12-25-15)26-18(28)16-17(20(21,22)23)30-19(27-16)13-6-3-2-4-7-13/h2-4,6-9,12H,5,10-11H2,1H3,(H,24,25)(H,26,28). The van der Waals surface area contributed by atoms with Crippen LogP contribution in [0, 0.1) is 0 Å². The number of methoxy groups -OCH3 is 1. The predicted molar refractivity (Wildman–Crippen MR) is 104 cm³/mol. The molecule has 0 aliphatic heterocycles. The number of nitrogens with zero attached hydrogens (tertiary/aromatic N) is 2. The van der Waals surface area contributed by atoms with Crippen LogP contribution in [0.3, 0.4) is 0 Å². The molecule has 0 aliphatic rings. The highest BCUT2D eigenvalue weighted by Gasteiger charge is 2.42. The predicted octanol–water partition coefficient (Wildman–Crippen LogP) is 4.46. The van der Waals surface area contributed by atoms with Crippen molar-refractivity contribution in [1.82, 2.24) is 9.97 Å². The van der Waals surface area contributed by atoms with E-state index < -0.39 is 23.5 Å². The van der Waals surface area contributed by atoms with E-state index in [0.29, 0.717) is 24.5 Å². The monoisotopic (exact) mass is 420 g/mol. The second kappa shape index (κ2) is 9.40. The molecule has 10 heteroatoms. The van der Waals surface area contributed by atoms with Gasteiger partial charge in [-0.3, -0.25) is 4.79 Å². The summed E-state index contributed by atoms with van der Waals surface area (Å²) in [5.74, 6) is -2.23. The fourth-order valence-electron chi connectivity index (χ4n) is 2.57. The molecule has 2 N–H and O–H groups in total. The number of alkyl halides is 3. The number of oxazole rings is 1. The molecule has 2 aromatic heterocycles. The van der Waals surface area contributed by atoms with E-state index in [-0.39, 0.29) is 11.6 Å². The van der Waals surface area contributed by atoms with Gasteiger partial charge in [0.05, 0.1) is 11.9 Å². The van der Waals surface area contributed by atoms with Crippen molar-refractivity contribution in [2.24, 2.45) is 0 Å². The summed E-state index contributed by atoms with van der Waals surface area (Å²) >= 11 is 0. The van der Waals surface area contributed by atoms with E-state index in [1.54, 1.807) is 31.4 Å². The Balaban J connectivity index is 1.75. The van der Waals surface area contributed by atoms with Gasteiger partial charge in [-0.15, -0.1) is 0 Å². The number of anilines is 2. The first-order chi connectivity index (χ1) is 14.4. The number of amides is 1. The van der Waals surface area contributed by atoms with Crippen LogP contribution in [0.15, 0.2) is 53.1 Å². The van der Waals surface area contributed by atoms with Crippen molar-refractivity contribution in [3.8, 4) is 11.5 Å². The van der Waals surface area contributed by atoms with E-state index in [1.165, 1.54) is 24.4 Å². The Kier molecular flexibility index (Phi) is 6.68. The summed E-state index contributed by atoms with van der Waals surface area (Å²) in [6, 6.07) is 11.2. The van der Waals surface area contributed by atoms with Gasteiger partial charge in [0.15, 0.2) is 5.69 Å². The maximum Gasteiger partial charge on any atom is 0.452 e. The van der Waals surface area contributed by atoms with Crippen molar-refractivity contribution >= 4 is 17.4 Å². The second-order valence-electron chi connectivity index (χ2n) is 6.22. The molecular weight excluding hydrogens is 401 g/mol. The van der Waals surface area contributed by atoms with Crippen molar-refractivity contribution in [2.75, 3.05) is 30.9 Å². The molecule has 0 radical (unpaired) electrons. The minimum Gasteiger partial charge on any atom is -0.431 e. The molecule has 2 heterocycles. The van der Waals surface area contributed by atoms with Gasteiger partial charge in [-0.2, -0.15) is 13.2 Å². The fourth-order valence-corrected chi connectivity index (χ4v) is 2.57. The zero-order valence-electron chi connectivity index (χ0n) is 16.0. The van der Waals surface area contributed by atoms with Gasteiger partial charge < -0.3 is 19.8 Å². The first kappa shape index (κ1) is 21.3. The summed E-state index contributed by atoms with van der Waals surface area (Å²) in [6.45, 7) is 1.24. The van der Waals surface area contributed by atoms with Crippen LogP contribution in [-0.2, 0) is 10.9 Å². The molecule has 0 atom stereocenters. The maximum atomic E-state index is 13.4. The van der Waals surface area contributed by atoms with Crippen LogP contribution in [0.25, 0.3) is 11.5 Å². The number of hydrogen-bond acceptors (Lipinski definition) is 6. The van der Waals surface area contributed by atoms with Crippen LogP contribution < -0.4 is 10.6 Å². The number of halogens is 3. The third kappa shape index (κ3) is 5.35. The average Bonchev–Trinajstić information content (AvgIpc) is 3.19. The first-order valence-corrected chi connectivity index (χ1v) is 9.02. The van der Waals surface area contributed by atoms with Crippen molar-refractivity contribution in [3.05, 3.63) is 60.1 Å². The molecule has 3 aromatic rings. The third-order valence-electron chi connectivity index (χ3n) is 3.97. The number of hydrogen-bond donors (Lipinski definition) is 2. The smallest absolute Gasteiger partial charge is 0.431 e. The van der Waals surface area contributed by atoms with E-state index in [1.807, 2.05) is 0 Å². The third-order valence-corrected chi connectivity index (χ3v) is 3.97. The molecule has 0 unspecified atom stereocenters. The molecule has 1 amide bonds.